The quantitative estimate of drug-likeness (QED) is 0.710. The fraction of sp³-hybridized carbons (Fsp3) is 0.357. The second-order valence-electron chi connectivity index (χ2n) is 4.28. The Labute approximate surface area is 96.6 Å². The lowest BCUT2D eigenvalue weighted by Crippen LogP contribution is -2.38. The molecule has 0 saturated heterocycles. The van der Waals surface area contributed by atoms with E-state index in [1.165, 1.54) is 11.1 Å². The third-order valence-electron chi connectivity index (χ3n) is 3.03. The SMILES string of the molecule is C=CCCN1CCc2cc(C)ccc2C1=O. The number of fused-ring (bicyclic) bond motifs is 1. The predicted molar refractivity (Wildman–Crippen MR) is 65.6 cm³/mol. The maximum absolute atomic E-state index is 12.1. The molecule has 0 N–H and O–H groups in total. The molecule has 1 aromatic carbocycles. The smallest absolute Gasteiger partial charge is 0.254 e. The molecule has 1 heterocycles. The van der Waals surface area contributed by atoms with Crippen LogP contribution in [0.5, 0.6) is 0 Å². The number of carbonyl (C=O) groups excluding carboxylic acids is 1. The fourth-order valence-corrected chi connectivity index (χ4v) is 2.13. The van der Waals surface area contributed by atoms with Gasteiger partial charge in [-0.25, -0.2) is 0 Å². The molecule has 1 aromatic rings. The zero-order chi connectivity index (χ0) is 11.5. The zero-order valence-corrected chi connectivity index (χ0v) is 9.70. The van der Waals surface area contributed by atoms with Gasteiger partial charge < -0.3 is 4.90 Å². The number of carbonyl (C=O) groups is 1. The van der Waals surface area contributed by atoms with Crippen molar-refractivity contribution in [2.75, 3.05) is 13.1 Å². The Morgan fingerprint density at radius 3 is 3.06 bits per heavy atom. The number of amides is 1. The van der Waals surface area contributed by atoms with Crippen molar-refractivity contribution in [3.05, 3.63) is 47.5 Å². The molecule has 0 fully saturated rings. The summed E-state index contributed by atoms with van der Waals surface area (Å²) in [7, 11) is 0. The van der Waals surface area contributed by atoms with Crippen LogP contribution in [0.2, 0.25) is 0 Å². The fourth-order valence-electron chi connectivity index (χ4n) is 2.13. The van der Waals surface area contributed by atoms with Gasteiger partial charge in [0.2, 0.25) is 0 Å². The minimum atomic E-state index is 0.170. The number of nitrogens with zero attached hydrogens (tertiary/aromatic N) is 1. The number of rotatable bonds is 3. The molecule has 2 heteroatoms. The van der Waals surface area contributed by atoms with Crippen molar-refractivity contribution in [1.82, 2.24) is 4.90 Å². The number of hydrogen-bond acceptors (Lipinski definition) is 1. The third-order valence-corrected chi connectivity index (χ3v) is 3.03. The van der Waals surface area contributed by atoms with Crippen LogP contribution in [-0.2, 0) is 6.42 Å². The minimum absolute atomic E-state index is 0.170. The predicted octanol–water partition coefficient (Wildman–Crippen LogP) is 2.57. The second kappa shape index (κ2) is 4.52. The van der Waals surface area contributed by atoms with Crippen molar-refractivity contribution >= 4 is 5.91 Å². The summed E-state index contributed by atoms with van der Waals surface area (Å²) in [5, 5.41) is 0. The van der Waals surface area contributed by atoms with Gasteiger partial charge in [-0.3, -0.25) is 4.79 Å². The summed E-state index contributed by atoms with van der Waals surface area (Å²) in [5.74, 6) is 0.170. The Balaban J connectivity index is 2.22. The molecule has 1 aliphatic rings. The molecule has 0 unspecified atom stereocenters. The highest BCUT2D eigenvalue weighted by molar-refractivity contribution is 5.96. The van der Waals surface area contributed by atoms with Gasteiger partial charge in [0.05, 0.1) is 0 Å². The van der Waals surface area contributed by atoms with E-state index in [0.29, 0.717) is 0 Å². The molecule has 0 aliphatic carbocycles. The van der Waals surface area contributed by atoms with E-state index in [0.717, 1.165) is 31.5 Å². The lowest BCUT2D eigenvalue weighted by Gasteiger charge is -2.28. The van der Waals surface area contributed by atoms with E-state index in [4.69, 9.17) is 0 Å². The molecule has 0 radical (unpaired) electrons. The van der Waals surface area contributed by atoms with Crippen LogP contribution >= 0.6 is 0 Å². The van der Waals surface area contributed by atoms with Crippen LogP contribution in [0.4, 0.5) is 0 Å². The van der Waals surface area contributed by atoms with E-state index in [9.17, 15) is 4.79 Å². The zero-order valence-electron chi connectivity index (χ0n) is 9.70. The van der Waals surface area contributed by atoms with E-state index in [1.54, 1.807) is 0 Å². The van der Waals surface area contributed by atoms with Crippen LogP contribution in [0.3, 0.4) is 0 Å². The second-order valence-corrected chi connectivity index (χ2v) is 4.28. The first kappa shape index (κ1) is 10.9. The Morgan fingerprint density at radius 2 is 2.31 bits per heavy atom. The van der Waals surface area contributed by atoms with Crippen molar-refractivity contribution in [3.63, 3.8) is 0 Å². The van der Waals surface area contributed by atoms with E-state index in [-0.39, 0.29) is 5.91 Å². The highest BCUT2D eigenvalue weighted by Gasteiger charge is 2.23. The summed E-state index contributed by atoms with van der Waals surface area (Å²) in [6.45, 7) is 7.38. The van der Waals surface area contributed by atoms with Gasteiger partial charge in [-0.1, -0.05) is 23.8 Å². The van der Waals surface area contributed by atoms with Crippen molar-refractivity contribution in [2.24, 2.45) is 0 Å². The number of aryl methyl sites for hydroxylation is 1. The largest absolute Gasteiger partial charge is 0.338 e. The molecule has 84 valence electrons. The van der Waals surface area contributed by atoms with Gasteiger partial charge in [-0.2, -0.15) is 0 Å². The van der Waals surface area contributed by atoms with E-state index in [1.807, 2.05) is 23.1 Å². The van der Waals surface area contributed by atoms with Crippen LogP contribution in [0, 0.1) is 6.92 Å². The normalized spacial score (nSPS) is 14.8. The monoisotopic (exact) mass is 215 g/mol. The average molecular weight is 215 g/mol. The molecular formula is C14H17NO. The van der Waals surface area contributed by atoms with Gasteiger partial charge in [-0.15, -0.1) is 6.58 Å². The van der Waals surface area contributed by atoms with Gasteiger partial charge in [0.15, 0.2) is 0 Å². The molecule has 2 rings (SSSR count). The lowest BCUT2D eigenvalue weighted by atomic mass is 9.97. The highest BCUT2D eigenvalue weighted by Crippen LogP contribution is 2.20. The summed E-state index contributed by atoms with van der Waals surface area (Å²) in [4.78, 5) is 14.0. The van der Waals surface area contributed by atoms with Gasteiger partial charge >= 0.3 is 0 Å². The van der Waals surface area contributed by atoms with E-state index >= 15 is 0 Å². The first-order chi connectivity index (χ1) is 7.72. The maximum Gasteiger partial charge on any atom is 0.254 e. The van der Waals surface area contributed by atoms with Crippen LogP contribution in [0.1, 0.15) is 27.9 Å². The van der Waals surface area contributed by atoms with E-state index in [2.05, 4.69) is 19.6 Å². The van der Waals surface area contributed by atoms with Gasteiger partial charge in [0, 0.05) is 18.7 Å². The molecule has 0 spiro atoms. The average Bonchev–Trinajstić information content (AvgIpc) is 2.28. The van der Waals surface area contributed by atoms with Crippen molar-refractivity contribution < 1.29 is 4.79 Å². The molecule has 0 saturated carbocycles. The Kier molecular flexibility index (Phi) is 3.09. The molecule has 0 aromatic heterocycles. The van der Waals surface area contributed by atoms with Gasteiger partial charge in [0.25, 0.3) is 5.91 Å². The standard InChI is InChI=1S/C14H17NO/c1-3-4-8-15-9-7-12-10-11(2)5-6-13(12)14(15)16/h3,5-6,10H,1,4,7-9H2,2H3. The molecule has 0 bridgehead atoms. The van der Waals surface area contributed by atoms with Crippen LogP contribution in [0.15, 0.2) is 30.9 Å². The molecule has 1 aliphatic heterocycles. The van der Waals surface area contributed by atoms with E-state index < -0.39 is 0 Å². The molecular weight excluding hydrogens is 198 g/mol. The molecule has 2 nitrogen and oxygen atoms in total. The minimum Gasteiger partial charge on any atom is -0.338 e. The number of benzene rings is 1. The highest BCUT2D eigenvalue weighted by atomic mass is 16.2. The Bertz CT molecular complexity index is 423. The summed E-state index contributed by atoms with van der Waals surface area (Å²) >= 11 is 0. The first-order valence-electron chi connectivity index (χ1n) is 5.72. The summed E-state index contributed by atoms with van der Waals surface area (Å²) < 4.78 is 0. The summed E-state index contributed by atoms with van der Waals surface area (Å²) in [6, 6.07) is 6.08. The maximum atomic E-state index is 12.1. The summed E-state index contributed by atoms with van der Waals surface area (Å²) in [6.07, 6.45) is 3.70. The Hall–Kier alpha value is -1.57. The number of hydrogen-bond donors (Lipinski definition) is 0. The molecule has 16 heavy (non-hydrogen) atoms. The van der Waals surface area contributed by atoms with Crippen molar-refractivity contribution in [1.29, 1.82) is 0 Å². The third kappa shape index (κ3) is 2.01. The lowest BCUT2D eigenvalue weighted by molar-refractivity contribution is 0.0743. The van der Waals surface area contributed by atoms with Gasteiger partial charge in [-0.05, 0) is 31.4 Å². The molecule has 0 atom stereocenters. The molecule has 1 amide bonds. The van der Waals surface area contributed by atoms with Crippen LogP contribution < -0.4 is 0 Å². The van der Waals surface area contributed by atoms with Crippen LogP contribution in [-0.4, -0.2) is 23.9 Å². The van der Waals surface area contributed by atoms with Gasteiger partial charge in [0.1, 0.15) is 0 Å². The first-order valence-corrected chi connectivity index (χ1v) is 5.72. The topological polar surface area (TPSA) is 20.3 Å². The van der Waals surface area contributed by atoms with Crippen molar-refractivity contribution in [2.45, 2.75) is 19.8 Å². The Morgan fingerprint density at radius 1 is 1.50 bits per heavy atom. The van der Waals surface area contributed by atoms with Crippen LogP contribution in [0.25, 0.3) is 0 Å². The van der Waals surface area contributed by atoms with Crippen molar-refractivity contribution in [3.8, 4) is 0 Å². The summed E-state index contributed by atoms with van der Waals surface area (Å²) in [5.41, 5.74) is 3.30.